The van der Waals surface area contributed by atoms with E-state index in [0.717, 1.165) is 35.0 Å². The Morgan fingerprint density at radius 2 is 1.82 bits per heavy atom. The average Bonchev–Trinajstić information content (AvgIpc) is 3.58. The van der Waals surface area contributed by atoms with Crippen LogP contribution in [0.25, 0.3) is 0 Å². The quantitative estimate of drug-likeness (QED) is 0.178. The fourth-order valence-corrected chi connectivity index (χ4v) is 4.07. The number of benzene rings is 2. The van der Waals surface area contributed by atoms with E-state index >= 15 is 0 Å². The minimum atomic E-state index is -4.77. The first kappa shape index (κ1) is 27.2. The Hall–Kier alpha value is -3.81. The van der Waals surface area contributed by atoms with E-state index in [1.54, 1.807) is 0 Å². The van der Waals surface area contributed by atoms with Crippen molar-refractivity contribution in [3.05, 3.63) is 74.6 Å². The molecule has 202 valence electrons. The van der Waals surface area contributed by atoms with E-state index in [0.29, 0.717) is 18.9 Å². The van der Waals surface area contributed by atoms with Crippen LogP contribution < -0.4 is 10.1 Å². The highest BCUT2D eigenvalue weighted by molar-refractivity contribution is 6.32. The van der Waals surface area contributed by atoms with Gasteiger partial charge in [0, 0.05) is 24.5 Å². The zero-order valence-electron chi connectivity index (χ0n) is 19.1. The van der Waals surface area contributed by atoms with E-state index < -0.39 is 45.2 Å². The van der Waals surface area contributed by atoms with Gasteiger partial charge in [-0.2, -0.15) is 31.4 Å². The number of alkyl halides is 6. The van der Waals surface area contributed by atoms with E-state index in [1.165, 1.54) is 6.07 Å². The van der Waals surface area contributed by atoms with Crippen LogP contribution in [-0.4, -0.2) is 20.6 Å². The third-order valence-electron chi connectivity index (χ3n) is 5.50. The molecule has 0 saturated heterocycles. The minimum absolute atomic E-state index is 0.108. The number of aromatic nitrogens is 2. The molecule has 0 spiro atoms. The monoisotopic (exact) mass is 562 g/mol. The van der Waals surface area contributed by atoms with Crippen molar-refractivity contribution in [3.63, 3.8) is 0 Å². The molecule has 1 N–H and O–H groups in total. The van der Waals surface area contributed by atoms with Gasteiger partial charge < -0.3 is 10.1 Å². The first-order chi connectivity index (χ1) is 17.7. The van der Waals surface area contributed by atoms with Gasteiger partial charge in [0.1, 0.15) is 11.5 Å². The second kappa shape index (κ2) is 10.2. The maximum Gasteiger partial charge on any atom is 0.436 e. The predicted molar refractivity (Wildman–Crippen MR) is 122 cm³/mol. The Bertz CT molecular complexity index is 1390. The van der Waals surface area contributed by atoms with Gasteiger partial charge in [0.05, 0.1) is 39.5 Å². The Morgan fingerprint density at radius 3 is 2.42 bits per heavy atom. The number of ether oxygens (including phenoxy) is 1. The van der Waals surface area contributed by atoms with Gasteiger partial charge in [-0.3, -0.25) is 19.6 Å². The van der Waals surface area contributed by atoms with Crippen molar-refractivity contribution in [2.75, 3.05) is 5.32 Å². The molecule has 1 aromatic heterocycles. The molecule has 1 amide bonds. The minimum Gasteiger partial charge on any atom is -0.457 e. The molecule has 1 heterocycles. The number of amides is 1. The summed E-state index contributed by atoms with van der Waals surface area (Å²) < 4.78 is 85.0. The first-order valence-electron chi connectivity index (χ1n) is 11.0. The second-order valence-electron chi connectivity index (χ2n) is 8.44. The number of carbonyl (C=O) groups excluding carboxylic acids is 1. The van der Waals surface area contributed by atoms with Gasteiger partial charge in [0.15, 0.2) is 5.69 Å². The molecule has 0 aliphatic heterocycles. The van der Waals surface area contributed by atoms with E-state index in [4.69, 9.17) is 16.3 Å². The normalized spacial score (nSPS) is 13.9. The highest BCUT2D eigenvalue weighted by atomic mass is 35.5. The Labute approximate surface area is 215 Å². The number of halogens is 7. The highest BCUT2D eigenvalue weighted by Crippen LogP contribution is 2.47. The summed E-state index contributed by atoms with van der Waals surface area (Å²) in [4.78, 5) is 23.1. The molecule has 1 saturated carbocycles. The lowest BCUT2D eigenvalue weighted by molar-refractivity contribution is -0.384. The number of nitro benzene ring substituents is 1. The van der Waals surface area contributed by atoms with Crippen LogP contribution in [0.3, 0.4) is 0 Å². The van der Waals surface area contributed by atoms with E-state index in [-0.39, 0.29) is 41.8 Å². The van der Waals surface area contributed by atoms with Gasteiger partial charge >= 0.3 is 12.4 Å². The van der Waals surface area contributed by atoms with Gasteiger partial charge in [0.2, 0.25) is 5.91 Å². The third-order valence-corrected chi connectivity index (χ3v) is 5.87. The number of anilines is 1. The van der Waals surface area contributed by atoms with Crippen LogP contribution in [0.1, 0.15) is 42.1 Å². The second-order valence-corrected chi connectivity index (χ2v) is 8.82. The van der Waals surface area contributed by atoms with Gasteiger partial charge in [-0.25, -0.2) is 0 Å². The van der Waals surface area contributed by atoms with Gasteiger partial charge in [0.25, 0.3) is 5.69 Å². The molecule has 4 rings (SSSR count). The standard InChI is InChI=1S/C23H17ClF6N4O4/c24-19-20(12-4-5-12)33(32-21(19)23(28,29)30)7-6-18(35)31-14-9-15(34(36)37)11-17(10-14)38-16-3-1-2-13(8-16)22(25,26)27/h1-3,8-12H,4-7H2,(H,31,35). The molecular weight excluding hydrogens is 546 g/mol. The number of carbonyl (C=O) groups is 1. The summed E-state index contributed by atoms with van der Waals surface area (Å²) in [6, 6.07) is 6.96. The maximum absolute atomic E-state index is 13.2. The van der Waals surface area contributed by atoms with E-state index in [2.05, 4.69) is 10.4 Å². The molecule has 1 aliphatic rings. The van der Waals surface area contributed by atoms with Crippen LogP contribution >= 0.6 is 11.6 Å². The van der Waals surface area contributed by atoms with Crippen LogP contribution in [0.15, 0.2) is 42.5 Å². The largest absolute Gasteiger partial charge is 0.457 e. The molecular formula is C23H17ClF6N4O4. The lowest BCUT2D eigenvalue weighted by Crippen LogP contribution is -2.16. The summed E-state index contributed by atoms with van der Waals surface area (Å²) in [5.41, 5.74) is -2.67. The zero-order valence-corrected chi connectivity index (χ0v) is 19.8. The molecule has 2 aromatic carbocycles. The van der Waals surface area contributed by atoms with E-state index in [1.807, 2.05) is 0 Å². The molecule has 0 radical (unpaired) electrons. The van der Waals surface area contributed by atoms with Crippen LogP contribution in [0.2, 0.25) is 5.02 Å². The molecule has 15 heteroatoms. The first-order valence-corrected chi connectivity index (χ1v) is 11.4. The number of nitrogens with one attached hydrogen (secondary N) is 1. The van der Waals surface area contributed by atoms with Crippen molar-refractivity contribution < 1.29 is 40.8 Å². The molecule has 0 atom stereocenters. The summed E-state index contributed by atoms with van der Waals surface area (Å²) in [6.45, 7) is -0.240. The molecule has 3 aromatic rings. The van der Waals surface area contributed by atoms with Crippen LogP contribution in [0, 0.1) is 10.1 Å². The molecule has 1 fully saturated rings. The number of nitrogens with zero attached hydrogens (tertiary/aromatic N) is 3. The summed E-state index contributed by atoms with van der Waals surface area (Å²) in [5.74, 6) is -1.38. The summed E-state index contributed by atoms with van der Waals surface area (Å²) in [5, 5.41) is 16.8. The molecule has 0 bridgehead atoms. The lowest BCUT2D eigenvalue weighted by atomic mass is 10.2. The van der Waals surface area contributed by atoms with Crippen LogP contribution in [0.4, 0.5) is 37.7 Å². The molecule has 38 heavy (non-hydrogen) atoms. The molecule has 1 aliphatic carbocycles. The van der Waals surface area contributed by atoms with Crippen molar-refractivity contribution in [2.45, 2.75) is 44.1 Å². The van der Waals surface area contributed by atoms with Gasteiger partial charge in [-0.05, 0) is 31.0 Å². The SMILES string of the molecule is O=C(CCn1nc(C(F)(F)F)c(Cl)c1C1CC1)Nc1cc(Oc2cccc(C(F)(F)F)c2)cc([N+](=O)[O-])c1. The number of non-ortho nitro benzene ring substituents is 1. The maximum atomic E-state index is 13.2. The van der Waals surface area contributed by atoms with Crippen LogP contribution in [0.5, 0.6) is 11.5 Å². The Balaban J connectivity index is 1.50. The summed E-state index contributed by atoms with van der Waals surface area (Å²) >= 11 is 5.92. The number of rotatable bonds is 8. The fraction of sp³-hybridized carbons (Fsp3) is 0.304. The average molecular weight is 563 g/mol. The van der Waals surface area contributed by atoms with Crippen molar-refractivity contribution in [3.8, 4) is 11.5 Å². The smallest absolute Gasteiger partial charge is 0.436 e. The predicted octanol–water partition coefficient (Wildman–Crippen LogP) is 7.18. The van der Waals surface area contributed by atoms with Crippen molar-refractivity contribution >= 4 is 28.9 Å². The van der Waals surface area contributed by atoms with Crippen molar-refractivity contribution in [2.24, 2.45) is 0 Å². The number of nitro groups is 1. The number of hydrogen-bond acceptors (Lipinski definition) is 5. The fourth-order valence-electron chi connectivity index (χ4n) is 3.67. The lowest BCUT2D eigenvalue weighted by Gasteiger charge is -2.12. The molecule has 0 unspecified atom stereocenters. The van der Waals surface area contributed by atoms with Gasteiger partial charge in [-0.1, -0.05) is 17.7 Å². The number of hydrogen-bond donors (Lipinski definition) is 1. The summed E-state index contributed by atoms with van der Waals surface area (Å²) in [7, 11) is 0. The molecule has 8 nitrogen and oxygen atoms in total. The summed E-state index contributed by atoms with van der Waals surface area (Å²) in [6.07, 6.45) is -8.48. The highest BCUT2D eigenvalue weighted by Gasteiger charge is 2.42. The zero-order chi connectivity index (χ0) is 27.8. The Morgan fingerprint density at radius 1 is 1.11 bits per heavy atom. The third kappa shape index (κ3) is 6.36. The van der Waals surface area contributed by atoms with Crippen molar-refractivity contribution in [1.29, 1.82) is 0 Å². The van der Waals surface area contributed by atoms with Crippen LogP contribution in [-0.2, 0) is 23.7 Å². The topological polar surface area (TPSA) is 99.3 Å². The number of aryl methyl sites for hydroxylation is 1. The Kier molecular flexibility index (Phi) is 7.28. The van der Waals surface area contributed by atoms with Crippen molar-refractivity contribution in [1.82, 2.24) is 9.78 Å². The van der Waals surface area contributed by atoms with E-state index in [9.17, 15) is 41.3 Å². The van der Waals surface area contributed by atoms with Gasteiger partial charge in [-0.15, -0.1) is 0 Å².